The summed E-state index contributed by atoms with van der Waals surface area (Å²) >= 11 is 0. The fourth-order valence-electron chi connectivity index (χ4n) is 5.51. The maximum absolute atomic E-state index is 13.1. The van der Waals surface area contributed by atoms with E-state index in [4.69, 9.17) is 0 Å². The molecule has 0 radical (unpaired) electrons. The van der Waals surface area contributed by atoms with E-state index in [0.717, 1.165) is 28.4 Å². The number of amides is 3. The molecule has 8 heteroatoms. The molecule has 2 bridgehead atoms. The molecular formula is C21H19F3N2O3. The van der Waals surface area contributed by atoms with Crippen LogP contribution >= 0.6 is 0 Å². The van der Waals surface area contributed by atoms with Crippen molar-refractivity contribution in [3.63, 3.8) is 0 Å². The number of benzene rings is 1. The van der Waals surface area contributed by atoms with Crippen molar-refractivity contribution < 1.29 is 27.6 Å². The highest BCUT2D eigenvalue weighted by Gasteiger charge is 2.67. The molecule has 2 saturated carbocycles. The summed E-state index contributed by atoms with van der Waals surface area (Å²) in [5, 5.41) is 0. The van der Waals surface area contributed by atoms with Gasteiger partial charge in [0.2, 0.25) is 17.7 Å². The van der Waals surface area contributed by atoms with Crippen molar-refractivity contribution >= 4 is 23.4 Å². The molecule has 0 unspecified atom stereocenters. The van der Waals surface area contributed by atoms with Gasteiger partial charge in [0.25, 0.3) is 0 Å². The lowest BCUT2D eigenvalue weighted by atomic mass is 9.63. The first-order valence-electron chi connectivity index (χ1n) is 9.67. The monoisotopic (exact) mass is 404 g/mol. The zero-order valence-corrected chi connectivity index (χ0v) is 15.6. The van der Waals surface area contributed by atoms with Crippen molar-refractivity contribution in [3.8, 4) is 0 Å². The number of anilines is 1. The molecule has 6 rings (SSSR count). The smallest absolute Gasteiger partial charge is 0.294 e. The lowest BCUT2D eigenvalue weighted by Crippen LogP contribution is -2.44. The van der Waals surface area contributed by atoms with Crippen LogP contribution in [0.5, 0.6) is 0 Å². The second-order valence-corrected chi connectivity index (χ2v) is 8.40. The molecule has 1 aromatic rings. The van der Waals surface area contributed by atoms with Crippen LogP contribution in [0.15, 0.2) is 36.4 Å². The van der Waals surface area contributed by atoms with Crippen LogP contribution < -0.4 is 4.90 Å². The van der Waals surface area contributed by atoms with E-state index in [1.807, 2.05) is 12.2 Å². The van der Waals surface area contributed by atoms with Gasteiger partial charge < -0.3 is 0 Å². The zero-order chi connectivity index (χ0) is 20.7. The predicted octanol–water partition coefficient (Wildman–Crippen LogP) is 3.07. The van der Waals surface area contributed by atoms with Gasteiger partial charge in [-0.3, -0.25) is 24.2 Å². The van der Waals surface area contributed by atoms with Gasteiger partial charge in [-0.05, 0) is 48.3 Å². The van der Waals surface area contributed by atoms with Crippen LogP contribution in [0.2, 0.25) is 0 Å². The number of hydrogen-bond acceptors (Lipinski definition) is 3. The number of carbonyl (C=O) groups excluding carboxylic acids is 3. The SMILES string of the molecule is CC(=O)N(CN1C(=O)[C@@H]2[C@H]3C=C[C@@H]([C@@H]4C[C@@H]34)[C@@H]2C1=O)c1cccc(C(F)(F)F)c1. The maximum atomic E-state index is 13.1. The minimum absolute atomic E-state index is 0.00624. The van der Waals surface area contributed by atoms with Gasteiger partial charge in [-0.2, -0.15) is 13.2 Å². The Labute approximate surface area is 165 Å². The summed E-state index contributed by atoms with van der Waals surface area (Å²) in [7, 11) is 0. The average Bonchev–Trinajstić information content (AvgIpc) is 3.45. The Morgan fingerprint density at radius 2 is 1.69 bits per heavy atom. The van der Waals surface area contributed by atoms with Gasteiger partial charge in [0.15, 0.2) is 0 Å². The molecule has 3 fully saturated rings. The second-order valence-electron chi connectivity index (χ2n) is 8.40. The molecule has 1 saturated heterocycles. The Morgan fingerprint density at radius 3 is 2.21 bits per heavy atom. The highest BCUT2D eigenvalue weighted by Crippen LogP contribution is 2.65. The molecule has 0 aromatic heterocycles. The summed E-state index contributed by atoms with van der Waals surface area (Å²) in [5.74, 6) is -0.972. The maximum Gasteiger partial charge on any atom is 0.416 e. The highest BCUT2D eigenvalue weighted by molar-refractivity contribution is 6.07. The number of nitrogens with zero attached hydrogens (tertiary/aromatic N) is 2. The first-order valence-corrected chi connectivity index (χ1v) is 9.67. The third-order valence-corrected chi connectivity index (χ3v) is 6.90. The van der Waals surface area contributed by atoms with Crippen molar-refractivity contribution in [2.24, 2.45) is 35.5 Å². The largest absolute Gasteiger partial charge is 0.416 e. The van der Waals surface area contributed by atoms with Gasteiger partial charge in [-0.1, -0.05) is 18.2 Å². The van der Waals surface area contributed by atoms with Gasteiger partial charge in [-0.25, -0.2) is 0 Å². The van der Waals surface area contributed by atoms with Crippen LogP contribution in [0.3, 0.4) is 0 Å². The molecule has 1 aromatic carbocycles. The van der Waals surface area contributed by atoms with E-state index in [1.165, 1.54) is 19.1 Å². The van der Waals surface area contributed by atoms with Gasteiger partial charge in [-0.15, -0.1) is 0 Å². The molecular weight excluding hydrogens is 385 g/mol. The first-order chi connectivity index (χ1) is 13.7. The molecule has 1 aliphatic heterocycles. The van der Waals surface area contributed by atoms with Gasteiger partial charge >= 0.3 is 6.18 Å². The van der Waals surface area contributed by atoms with E-state index in [0.29, 0.717) is 11.8 Å². The zero-order valence-electron chi connectivity index (χ0n) is 15.6. The Bertz CT molecular complexity index is 921. The number of imide groups is 1. The summed E-state index contributed by atoms with van der Waals surface area (Å²) in [4.78, 5) is 40.5. The van der Waals surface area contributed by atoms with E-state index in [-0.39, 0.29) is 36.0 Å². The van der Waals surface area contributed by atoms with Crippen LogP contribution in [0.1, 0.15) is 18.9 Å². The number of alkyl halides is 3. The molecule has 5 nitrogen and oxygen atoms in total. The summed E-state index contributed by atoms with van der Waals surface area (Å²) in [5.41, 5.74) is -0.886. The molecule has 29 heavy (non-hydrogen) atoms. The summed E-state index contributed by atoms with van der Waals surface area (Å²) in [6.07, 6.45) is 0.576. The molecule has 5 aliphatic rings. The minimum atomic E-state index is -4.56. The second kappa shape index (κ2) is 5.93. The number of likely N-dealkylation sites (tertiary alicyclic amines) is 1. The Morgan fingerprint density at radius 1 is 1.10 bits per heavy atom. The van der Waals surface area contributed by atoms with Crippen LogP contribution in [-0.4, -0.2) is 29.3 Å². The van der Waals surface area contributed by atoms with Crippen molar-refractivity contribution in [2.45, 2.75) is 19.5 Å². The van der Waals surface area contributed by atoms with Gasteiger partial charge in [0.05, 0.1) is 17.4 Å². The van der Waals surface area contributed by atoms with E-state index in [1.54, 1.807) is 0 Å². The van der Waals surface area contributed by atoms with Crippen molar-refractivity contribution in [2.75, 3.05) is 11.6 Å². The molecule has 4 aliphatic carbocycles. The summed E-state index contributed by atoms with van der Waals surface area (Å²) < 4.78 is 39.2. The van der Waals surface area contributed by atoms with E-state index < -0.39 is 29.5 Å². The van der Waals surface area contributed by atoms with Crippen molar-refractivity contribution in [3.05, 3.63) is 42.0 Å². The Balaban J connectivity index is 1.44. The molecule has 1 heterocycles. The predicted molar refractivity (Wildman–Crippen MR) is 96.0 cm³/mol. The Hall–Kier alpha value is -2.64. The summed E-state index contributed by atoms with van der Waals surface area (Å²) in [6, 6.07) is 4.35. The van der Waals surface area contributed by atoms with Crippen LogP contribution in [0.25, 0.3) is 0 Å². The quantitative estimate of drug-likeness (QED) is 0.575. The molecule has 152 valence electrons. The van der Waals surface area contributed by atoms with Gasteiger partial charge in [0.1, 0.15) is 6.67 Å². The number of hydrogen-bond donors (Lipinski definition) is 0. The van der Waals surface area contributed by atoms with E-state index in [2.05, 4.69) is 0 Å². The fourth-order valence-corrected chi connectivity index (χ4v) is 5.51. The highest BCUT2D eigenvalue weighted by atomic mass is 19.4. The van der Waals surface area contributed by atoms with Crippen molar-refractivity contribution in [1.29, 1.82) is 0 Å². The van der Waals surface area contributed by atoms with E-state index >= 15 is 0 Å². The topological polar surface area (TPSA) is 57.7 Å². The number of rotatable bonds is 3. The number of allylic oxidation sites excluding steroid dienone is 2. The van der Waals surface area contributed by atoms with Crippen molar-refractivity contribution in [1.82, 2.24) is 4.90 Å². The Kier molecular flexibility index (Phi) is 3.76. The lowest BCUT2D eigenvalue weighted by molar-refractivity contribution is -0.141. The normalized spacial score (nSPS) is 34.3. The van der Waals surface area contributed by atoms with Crippen LogP contribution in [-0.2, 0) is 20.6 Å². The molecule has 0 spiro atoms. The fraction of sp³-hybridized carbons (Fsp3) is 0.476. The number of halogens is 3. The minimum Gasteiger partial charge on any atom is -0.294 e. The molecule has 0 N–H and O–H groups in total. The third-order valence-electron chi connectivity index (χ3n) is 6.90. The van der Waals surface area contributed by atoms with Crippen LogP contribution in [0.4, 0.5) is 18.9 Å². The first kappa shape index (κ1) is 18.4. The standard InChI is InChI=1S/C21H19F3N2O3/c1-10(27)25(12-4-2-3-11(7-12)21(22,23)24)9-26-19(28)17-13-5-6-14(16-8-15(13)16)18(17)20(26)29/h2-7,13-18H,8-9H2,1H3/t13-,14-,15-,16-,17-,18+/m0/s1. The number of carbonyl (C=O) groups is 3. The van der Waals surface area contributed by atoms with Crippen LogP contribution in [0, 0.1) is 35.5 Å². The lowest BCUT2D eigenvalue weighted by Gasteiger charge is -2.37. The van der Waals surface area contributed by atoms with Gasteiger partial charge in [0, 0.05) is 12.6 Å². The molecule has 3 amide bonds. The summed E-state index contributed by atoms with van der Waals surface area (Å²) in [6.45, 7) is 0.842. The third kappa shape index (κ3) is 2.64. The average molecular weight is 404 g/mol. The van der Waals surface area contributed by atoms with E-state index in [9.17, 15) is 27.6 Å². The molecule has 6 atom stereocenters.